The molecule has 0 aliphatic heterocycles. The highest BCUT2D eigenvalue weighted by Crippen LogP contribution is 2.30. The second-order valence-corrected chi connectivity index (χ2v) is 5.39. The van der Waals surface area contributed by atoms with Crippen LogP contribution >= 0.6 is 12.6 Å². The number of carbonyl (C=O) groups is 1. The summed E-state index contributed by atoms with van der Waals surface area (Å²) in [6.07, 6.45) is 3.41. The van der Waals surface area contributed by atoms with Crippen molar-refractivity contribution in [3.05, 3.63) is 83.4 Å². The van der Waals surface area contributed by atoms with Crippen molar-refractivity contribution in [1.29, 1.82) is 0 Å². The molecular formula is C19H18OS. The number of carbonyl (C=O) groups excluding carboxylic acids is 1. The third-order valence-corrected chi connectivity index (χ3v) is 3.65. The van der Waals surface area contributed by atoms with Crippen LogP contribution in [0.15, 0.2) is 66.7 Å². The summed E-state index contributed by atoms with van der Waals surface area (Å²) < 4.78 is 0. The molecule has 2 aromatic carbocycles. The highest BCUT2D eigenvalue weighted by Gasteiger charge is 2.06. The molecule has 0 aliphatic rings. The molecule has 0 fully saturated rings. The Morgan fingerprint density at radius 3 is 2.10 bits per heavy atom. The number of allylic oxidation sites excluding steroid dienone is 3. The smallest absolute Gasteiger partial charge is 0.152 e. The van der Waals surface area contributed by atoms with Crippen molar-refractivity contribution in [2.75, 3.05) is 0 Å². The van der Waals surface area contributed by atoms with Crippen molar-refractivity contribution in [2.45, 2.75) is 13.8 Å². The summed E-state index contributed by atoms with van der Waals surface area (Å²) in [5.74, 6) is 0.0217. The number of hydrogen-bond acceptors (Lipinski definition) is 2. The summed E-state index contributed by atoms with van der Waals surface area (Å²) in [5, 5.41) is 0. The van der Waals surface area contributed by atoms with Crippen molar-refractivity contribution in [3.63, 3.8) is 0 Å². The lowest BCUT2D eigenvalue weighted by molar-refractivity contribution is -0.112. The molecule has 0 saturated heterocycles. The van der Waals surface area contributed by atoms with E-state index in [4.69, 9.17) is 0 Å². The molecule has 0 aromatic heterocycles. The quantitative estimate of drug-likeness (QED) is 0.366. The Bertz CT molecular complexity index is 679. The zero-order valence-electron chi connectivity index (χ0n) is 12.2. The Morgan fingerprint density at radius 2 is 1.52 bits per heavy atom. The van der Waals surface area contributed by atoms with Gasteiger partial charge in [-0.25, -0.2) is 0 Å². The third-order valence-electron chi connectivity index (χ3n) is 3.15. The minimum absolute atomic E-state index is 0.0217. The van der Waals surface area contributed by atoms with Crippen LogP contribution in [0.25, 0.3) is 10.5 Å². The van der Waals surface area contributed by atoms with Crippen molar-refractivity contribution in [2.24, 2.45) is 0 Å². The molecule has 2 rings (SSSR count). The van der Waals surface area contributed by atoms with Gasteiger partial charge in [-0.1, -0.05) is 60.2 Å². The van der Waals surface area contributed by atoms with Crippen LogP contribution in [0, 0.1) is 6.92 Å². The van der Waals surface area contributed by atoms with Crippen molar-refractivity contribution in [1.82, 2.24) is 0 Å². The van der Waals surface area contributed by atoms with E-state index in [2.05, 4.69) is 31.7 Å². The third kappa shape index (κ3) is 4.20. The van der Waals surface area contributed by atoms with Crippen LogP contribution in [0.3, 0.4) is 0 Å². The molecule has 2 heteroatoms. The van der Waals surface area contributed by atoms with Crippen LogP contribution in [0.4, 0.5) is 0 Å². The number of thiol groups is 1. The fourth-order valence-corrected chi connectivity index (χ4v) is 2.35. The second kappa shape index (κ2) is 7.09. The van der Waals surface area contributed by atoms with Crippen LogP contribution in [0.5, 0.6) is 0 Å². The first-order chi connectivity index (χ1) is 10.1. The van der Waals surface area contributed by atoms with E-state index in [1.807, 2.05) is 48.5 Å². The minimum atomic E-state index is 0.0217. The molecule has 0 N–H and O–H groups in total. The maximum Gasteiger partial charge on any atom is 0.152 e. The van der Waals surface area contributed by atoms with Crippen LogP contribution in [0.1, 0.15) is 23.6 Å². The van der Waals surface area contributed by atoms with Crippen LogP contribution in [-0.4, -0.2) is 5.78 Å². The standard InChI is InChI=1S/C19H18OS/c1-14-8-11-17(12-9-14)19(21)18(13-10-15(2)20)16-6-4-3-5-7-16/h3-13,21H,1-2H3/b13-10+,19-18+. The SMILES string of the molecule is CC(=O)/C=C/C(=C(\S)c1ccc(C)cc1)c1ccccc1. The predicted molar refractivity (Wildman–Crippen MR) is 93.2 cm³/mol. The molecule has 106 valence electrons. The van der Waals surface area contributed by atoms with Crippen LogP contribution in [-0.2, 0) is 4.79 Å². The molecule has 0 amide bonds. The summed E-state index contributed by atoms with van der Waals surface area (Å²) in [6, 6.07) is 18.2. The largest absolute Gasteiger partial charge is 0.295 e. The van der Waals surface area contributed by atoms with Gasteiger partial charge < -0.3 is 0 Å². The summed E-state index contributed by atoms with van der Waals surface area (Å²) in [4.78, 5) is 12.1. The lowest BCUT2D eigenvalue weighted by Crippen LogP contribution is -1.88. The average Bonchev–Trinajstić information content (AvgIpc) is 2.49. The first-order valence-corrected chi connectivity index (χ1v) is 7.27. The van der Waals surface area contributed by atoms with Gasteiger partial charge in [0.15, 0.2) is 5.78 Å². The minimum Gasteiger partial charge on any atom is -0.295 e. The zero-order chi connectivity index (χ0) is 15.2. The van der Waals surface area contributed by atoms with Crippen molar-refractivity contribution in [3.8, 4) is 0 Å². The van der Waals surface area contributed by atoms with E-state index < -0.39 is 0 Å². The maximum absolute atomic E-state index is 11.2. The Labute approximate surface area is 131 Å². The number of rotatable bonds is 4. The van der Waals surface area contributed by atoms with E-state index in [1.165, 1.54) is 5.56 Å². The van der Waals surface area contributed by atoms with Gasteiger partial charge in [0.2, 0.25) is 0 Å². The number of benzene rings is 2. The highest BCUT2D eigenvalue weighted by atomic mass is 32.1. The molecule has 0 unspecified atom stereocenters. The number of hydrogen-bond donors (Lipinski definition) is 1. The Morgan fingerprint density at radius 1 is 0.905 bits per heavy atom. The molecule has 0 radical (unpaired) electrons. The first kappa shape index (κ1) is 15.3. The van der Waals surface area contributed by atoms with Gasteiger partial charge in [-0.2, -0.15) is 0 Å². The summed E-state index contributed by atoms with van der Waals surface area (Å²) >= 11 is 4.68. The number of ketones is 1. The van der Waals surface area contributed by atoms with E-state index >= 15 is 0 Å². The maximum atomic E-state index is 11.2. The Hall–Kier alpha value is -2.06. The molecule has 21 heavy (non-hydrogen) atoms. The second-order valence-electron chi connectivity index (χ2n) is 4.94. The molecule has 0 aliphatic carbocycles. The molecule has 0 atom stereocenters. The molecule has 1 nitrogen and oxygen atoms in total. The van der Waals surface area contributed by atoms with Gasteiger partial charge in [-0.15, -0.1) is 12.6 Å². The predicted octanol–water partition coefficient (Wildman–Crippen LogP) is 4.94. The summed E-state index contributed by atoms with van der Waals surface area (Å²) in [6.45, 7) is 3.60. The normalized spacial score (nSPS) is 12.3. The fraction of sp³-hybridized carbons (Fsp3) is 0.105. The van der Waals surface area contributed by atoms with Crippen molar-refractivity contribution >= 4 is 28.9 Å². The topological polar surface area (TPSA) is 17.1 Å². The molecule has 0 heterocycles. The van der Waals surface area contributed by atoms with Gasteiger partial charge in [0, 0.05) is 4.91 Å². The van der Waals surface area contributed by atoms with Gasteiger partial charge in [0.05, 0.1) is 0 Å². The van der Waals surface area contributed by atoms with E-state index in [1.54, 1.807) is 13.0 Å². The van der Waals surface area contributed by atoms with E-state index in [0.29, 0.717) is 0 Å². The molecule has 2 aromatic rings. The van der Waals surface area contributed by atoms with Crippen molar-refractivity contribution < 1.29 is 4.79 Å². The van der Waals surface area contributed by atoms with Gasteiger partial charge in [0.25, 0.3) is 0 Å². The first-order valence-electron chi connectivity index (χ1n) is 6.82. The van der Waals surface area contributed by atoms with Gasteiger partial charge in [0.1, 0.15) is 0 Å². The fourth-order valence-electron chi connectivity index (χ4n) is 2.00. The lowest BCUT2D eigenvalue weighted by Gasteiger charge is -2.09. The van der Waals surface area contributed by atoms with Gasteiger partial charge in [-0.3, -0.25) is 4.79 Å². The molecule has 0 saturated carbocycles. The highest BCUT2D eigenvalue weighted by molar-refractivity contribution is 7.90. The molecule has 0 spiro atoms. The molecular weight excluding hydrogens is 276 g/mol. The Balaban J connectivity index is 2.54. The van der Waals surface area contributed by atoms with Crippen LogP contribution in [0.2, 0.25) is 0 Å². The molecule has 0 bridgehead atoms. The van der Waals surface area contributed by atoms with Crippen LogP contribution < -0.4 is 0 Å². The van der Waals surface area contributed by atoms with Gasteiger partial charge in [-0.05, 0) is 42.7 Å². The van der Waals surface area contributed by atoms with E-state index in [0.717, 1.165) is 21.6 Å². The zero-order valence-corrected chi connectivity index (χ0v) is 13.1. The Kier molecular flexibility index (Phi) is 5.18. The summed E-state index contributed by atoms with van der Waals surface area (Å²) in [7, 11) is 0. The lowest BCUT2D eigenvalue weighted by atomic mass is 10.0. The monoisotopic (exact) mass is 294 g/mol. The number of aryl methyl sites for hydroxylation is 1. The van der Waals surface area contributed by atoms with E-state index in [-0.39, 0.29) is 5.78 Å². The average molecular weight is 294 g/mol. The van der Waals surface area contributed by atoms with E-state index in [9.17, 15) is 4.79 Å². The summed E-state index contributed by atoms with van der Waals surface area (Å²) in [5.41, 5.74) is 4.23. The van der Waals surface area contributed by atoms with Gasteiger partial charge >= 0.3 is 0 Å².